The van der Waals surface area contributed by atoms with E-state index >= 15 is 0 Å². The largest absolute Gasteiger partial charge is 0.486 e. The maximum Gasteiger partial charge on any atom is 0.261 e. The summed E-state index contributed by atoms with van der Waals surface area (Å²) >= 11 is 0. The molecule has 0 spiro atoms. The summed E-state index contributed by atoms with van der Waals surface area (Å²) in [5.74, 6) is 2.07. The number of carbonyl (C=O) groups is 1. The maximum atomic E-state index is 13.4. The van der Waals surface area contributed by atoms with E-state index in [1.165, 1.54) is 0 Å². The van der Waals surface area contributed by atoms with Gasteiger partial charge in [0.25, 0.3) is 11.5 Å². The number of para-hydroxylation sites is 1. The number of hydrogen-bond acceptors (Lipinski definition) is 5. The van der Waals surface area contributed by atoms with Crippen LogP contribution in [0.5, 0.6) is 11.5 Å². The number of fused-ring (bicyclic) bond motifs is 5. The highest BCUT2D eigenvalue weighted by Crippen LogP contribution is 2.38. The number of aromatic nitrogens is 3. The number of nitrogens with zero attached hydrogens (tertiary/aromatic N) is 3. The van der Waals surface area contributed by atoms with E-state index in [0.29, 0.717) is 61.3 Å². The number of aromatic amines is 1. The summed E-state index contributed by atoms with van der Waals surface area (Å²) in [5, 5.41) is 0. The zero-order chi connectivity index (χ0) is 20.9. The van der Waals surface area contributed by atoms with Crippen molar-refractivity contribution in [2.24, 2.45) is 5.92 Å². The highest BCUT2D eigenvalue weighted by atomic mass is 16.6. The maximum absolute atomic E-state index is 13.4. The third-order valence-electron chi connectivity index (χ3n) is 6.44. The molecule has 0 radical (unpaired) electrons. The van der Waals surface area contributed by atoms with Crippen LogP contribution in [0.1, 0.15) is 28.4 Å². The first-order chi connectivity index (χ1) is 15.2. The zero-order valence-corrected chi connectivity index (χ0v) is 16.9. The number of rotatable bonds is 2. The molecular weight excluding hydrogens is 396 g/mol. The van der Waals surface area contributed by atoms with E-state index < -0.39 is 0 Å². The van der Waals surface area contributed by atoms with Crippen LogP contribution in [0.15, 0.2) is 47.5 Å². The van der Waals surface area contributed by atoms with Gasteiger partial charge in [-0.15, -0.1) is 0 Å². The smallest absolute Gasteiger partial charge is 0.261 e. The minimum atomic E-state index is -0.0416. The number of carbonyl (C=O) groups excluding carboxylic acids is 1. The number of likely N-dealkylation sites (tertiary alicyclic amines) is 1. The molecule has 1 amide bonds. The van der Waals surface area contributed by atoms with Crippen LogP contribution in [-0.4, -0.2) is 51.6 Å². The van der Waals surface area contributed by atoms with Crippen LogP contribution in [0, 0.1) is 5.92 Å². The molecule has 158 valence electrons. The summed E-state index contributed by atoms with van der Waals surface area (Å²) < 4.78 is 13.3. The Bertz CT molecular complexity index is 1220. The number of imidazole rings is 1. The molecule has 2 atom stereocenters. The Hall–Kier alpha value is -3.55. The van der Waals surface area contributed by atoms with Crippen molar-refractivity contribution in [1.29, 1.82) is 0 Å². The molecule has 2 aromatic heterocycles. The molecule has 31 heavy (non-hydrogen) atoms. The van der Waals surface area contributed by atoms with Gasteiger partial charge in [0.2, 0.25) is 0 Å². The third-order valence-corrected chi connectivity index (χ3v) is 6.44. The molecule has 1 N–H and O–H groups in total. The molecular formula is C23H22N4O4. The number of hydrogen-bond donors (Lipinski definition) is 1. The Labute approximate surface area is 178 Å². The molecule has 3 aliphatic rings. The van der Waals surface area contributed by atoms with Crippen LogP contribution in [0.4, 0.5) is 0 Å². The van der Waals surface area contributed by atoms with Crippen LogP contribution in [0.2, 0.25) is 0 Å². The molecule has 1 fully saturated rings. The molecule has 1 saturated heterocycles. The first kappa shape index (κ1) is 18.2. The molecule has 3 aromatic rings. The topological polar surface area (TPSA) is 89.5 Å². The normalized spacial score (nSPS) is 21.5. The highest BCUT2D eigenvalue weighted by molar-refractivity contribution is 5.98. The van der Waals surface area contributed by atoms with Gasteiger partial charge in [0, 0.05) is 43.6 Å². The Kier molecular flexibility index (Phi) is 4.12. The number of benzene rings is 1. The Morgan fingerprint density at radius 1 is 1.10 bits per heavy atom. The fraction of sp³-hybridized carbons (Fsp3) is 0.348. The lowest BCUT2D eigenvalue weighted by atomic mass is 9.82. The van der Waals surface area contributed by atoms with Gasteiger partial charge in [-0.2, -0.15) is 0 Å². The van der Waals surface area contributed by atoms with Crippen molar-refractivity contribution in [2.45, 2.75) is 18.9 Å². The van der Waals surface area contributed by atoms with Gasteiger partial charge in [0.1, 0.15) is 19.0 Å². The second-order valence-electron chi connectivity index (χ2n) is 8.36. The van der Waals surface area contributed by atoms with Gasteiger partial charge in [0.05, 0.1) is 11.1 Å². The lowest BCUT2D eigenvalue weighted by molar-refractivity contribution is 0.0586. The Morgan fingerprint density at radius 2 is 2.00 bits per heavy atom. The molecule has 8 nitrogen and oxygen atoms in total. The summed E-state index contributed by atoms with van der Waals surface area (Å²) in [5.41, 5.74) is 2.09. The van der Waals surface area contributed by atoms with Crippen molar-refractivity contribution in [3.63, 3.8) is 0 Å². The van der Waals surface area contributed by atoms with Gasteiger partial charge in [-0.25, -0.2) is 4.98 Å². The number of piperidine rings is 1. The van der Waals surface area contributed by atoms with E-state index in [0.717, 1.165) is 12.1 Å². The molecule has 0 saturated carbocycles. The lowest BCUT2D eigenvalue weighted by Crippen LogP contribution is -2.49. The standard InChI is InChI=1S/C23H22N4O4/c28-22(16-2-1-3-19-20(16)31-9-8-30-19)26-11-14-10-15(13-26)18-5-4-17(21-24-6-7-25-21)23(29)27(18)12-14/h1-7,14-15H,8-13H2,(H,24,25)/t14-,15+/m0/s1. The van der Waals surface area contributed by atoms with E-state index in [1.807, 2.05) is 33.7 Å². The number of ether oxygens (including phenoxy) is 2. The fourth-order valence-electron chi connectivity index (χ4n) is 5.12. The summed E-state index contributed by atoms with van der Waals surface area (Å²) in [7, 11) is 0. The predicted molar refractivity (Wildman–Crippen MR) is 112 cm³/mol. The minimum absolute atomic E-state index is 0.0235. The number of pyridine rings is 1. The minimum Gasteiger partial charge on any atom is -0.486 e. The van der Waals surface area contributed by atoms with E-state index in [4.69, 9.17) is 9.47 Å². The second-order valence-corrected chi connectivity index (χ2v) is 8.36. The number of nitrogens with one attached hydrogen (secondary N) is 1. The first-order valence-corrected chi connectivity index (χ1v) is 10.6. The van der Waals surface area contributed by atoms with Gasteiger partial charge in [-0.1, -0.05) is 6.07 Å². The fourth-order valence-corrected chi connectivity index (χ4v) is 5.12. The average Bonchev–Trinajstić information content (AvgIpc) is 3.33. The highest BCUT2D eigenvalue weighted by Gasteiger charge is 2.38. The molecule has 5 heterocycles. The van der Waals surface area contributed by atoms with Crippen molar-refractivity contribution < 1.29 is 14.3 Å². The summed E-state index contributed by atoms with van der Waals surface area (Å²) in [6.45, 7) is 2.74. The molecule has 3 aliphatic heterocycles. The first-order valence-electron chi connectivity index (χ1n) is 10.6. The van der Waals surface area contributed by atoms with Crippen molar-refractivity contribution in [3.8, 4) is 22.9 Å². The van der Waals surface area contributed by atoms with E-state index in [2.05, 4.69) is 9.97 Å². The van der Waals surface area contributed by atoms with Crippen LogP contribution in [0.3, 0.4) is 0 Å². The van der Waals surface area contributed by atoms with Gasteiger partial charge in [0.15, 0.2) is 11.5 Å². The van der Waals surface area contributed by atoms with Crippen molar-refractivity contribution in [1.82, 2.24) is 19.4 Å². The molecule has 8 heteroatoms. The van der Waals surface area contributed by atoms with Crippen LogP contribution >= 0.6 is 0 Å². The van der Waals surface area contributed by atoms with Gasteiger partial charge >= 0.3 is 0 Å². The molecule has 0 unspecified atom stereocenters. The predicted octanol–water partition coefficient (Wildman–Crippen LogP) is 2.27. The average molecular weight is 418 g/mol. The van der Waals surface area contributed by atoms with Gasteiger partial charge < -0.3 is 23.9 Å². The number of H-pyrrole nitrogens is 1. The third kappa shape index (κ3) is 2.93. The number of amides is 1. The summed E-state index contributed by atoms with van der Waals surface area (Å²) in [6, 6.07) is 9.31. The lowest BCUT2D eigenvalue weighted by Gasteiger charge is -2.43. The Balaban J connectivity index is 1.31. The summed E-state index contributed by atoms with van der Waals surface area (Å²) in [6.07, 6.45) is 4.35. The molecule has 2 bridgehead atoms. The van der Waals surface area contributed by atoms with Crippen LogP contribution in [-0.2, 0) is 6.54 Å². The van der Waals surface area contributed by atoms with Crippen LogP contribution < -0.4 is 15.0 Å². The molecule has 6 rings (SSSR count). The van der Waals surface area contributed by atoms with Crippen molar-refractivity contribution in [2.75, 3.05) is 26.3 Å². The van der Waals surface area contributed by atoms with Crippen molar-refractivity contribution >= 4 is 5.91 Å². The molecule has 0 aliphatic carbocycles. The van der Waals surface area contributed by atoms with Gasteiger partial charge in [-0.05, 0) is 36.6 Å². The SMILES string of the molecule is O=C(c1cccc2c1OCCO2)N1C[C@@H]2C[C@H](C1)c1ccc(-c3ncc[nH]3)c(=O)n1C2. The van der Waals surface area contributed by atoms with E-state index in [-0.39, 0.29) is 23.3 Å². The van der Waals surface area contributed by atoms with E-state index in [9.17, 15) is 9.59 Å². The molecule has 1 aromatic carbocycles. The zero-order valence-electron chi connectivity index (χ0n) is 16.9. The summed E-state index contributed by atoms with van der Waals surface area (Å²) in [4.78, 5) is 35.7. The monoisotopic (exact) mass is 418 g/mol. The van der Waals surface area contributed by atoms with Crippen molar-refractivity contribution in [3.05, 3.63) is 64.3 Å². The van der Waals surface area contributed by atoms with E-state index in [1.54, 1.807) is 18.5 Å². The van der Waals surface area contributed by atoms with Gasteiger partial charge in [-0.3, -0.25) is 9.59 Å². The Morgan fingerprint density at radius 3 is 2.87 bits per heavy atom. The quantitative estimate of drug-likeness (QED) is 0.690. The van der Waals surface area contributed by atoms with Crippen LogP contribution in [0.25, 0.3) is 11.4 Å². The second kappa shape index (κ2) is 7.01.